The van der Waals surface area contributed by atoms with Gasteiger partial charge in [0.05, 0.1) is 22.6 Å². The van der Waals surface area contributed by atoms with Gasteiger partial charge in [-0.3, -0.25) is 19.6 Å². The van der Waals surface area contributed by atoms with Crippen LogP contribution in [0.4, 0.5) is 0 Å². The summed E-state index contributed by atoms with van der Waals surface area (Å²) in [6.45, 7) is 40.6. The Kier molecular flexibility index (Phi) is 41.5. The standard InChI is InChI=1S/C9H13N.2C8H12N2.C8H14N2.C7H10N2.C7H11NS.C6H13NO.C5H11NO/c1-8(2)7-9-5-3-4-6-10-9;1-6(2)8-5-9-7(3)4-10-8;1-6(2)8-9-4-7(3)5-10-8;1-7(2)6-8-4-5-9-10(8)3;1-6(2)7-3-8-5-9-4-7;1-6(2)3-7-4-9-5-8-7;1-4-8-7-5-6(2)3;1-5(2)4-6-7-3/h3-6,8H,7H2,1-2H3;2*4-6H,1-3H3;4-5,7H,6H2,1-3H3;3-6H,1-2H3;4-6H,3H2,1-2H3;5-6H,4H2,1-3H3;4-5H,1-3H3. The third-order valence-corrected chi connectivity index (χ3v) is 9.60. The maximum Gasteiger partial charge on any atom is 0.130 e. The van der Waals surface area contributed by atoms with Gasteiger partial charge in [0, 0.05) is 91.7 Å². The van der Waals surface area contributed by atoms with E-state index in [9.17, 15) is 0 Å². The number of thiazole rings is 1. The Balaban J connectivity index is 0. The Bertz CT molecular complexity index is 2110. The topological polar surface area (TPSA) is 164 Å². The first-order valence-corrected chi connectivity index (χ1v) is 26.7. The summed E-state index contributed by atoms with van der Waals surface area (Å²) in [4.78, 5) is 42.0. The smallest absolute Gasteiger partial charge is 0.130 e. The molecule has 0 aliphatic carbocycles. The monoisotopic (exact) mass is 1020 g/mol. The predicted octanol–water partition coefficient (Wildman–Crippen LogP) is 14.6. The normalized spacial score (nSPS) is 10.5. The van der Waals surface area contributed by atoms with Crippen LogP contribution in [-0.4, -0.2) is 75.8 Å². The summed E-state index contributed by atoms with van der Waals surface area (Å²) in [5.74, 6) is 5.49. The van der Waals surface area contributed by atoms with Crippen molar-refractivity contribution in [1.82, 2.24) is 49.7 Å². The maximum atomic E-state index is 4.71. The van der Waals surface area contributed by atoms with Crippen molar-refractivity contribution >= 4 is 23.8 Å². The minimum Gasteiger partial charge on any atom is -0.399 e. The molecule has 406 valence electrons. The lowest BCUT2D eigenvalue weighted by atomic mass is 10.1. The van der Waals surface area contributed by atoms with E-state index in [0.29, 0.717) is 42.1 Å². The number of hydrogen-bond acceptors (Lipinski definition) is 14. The van der Waals surface area contributed by atoms with Gasteiger partial charge >= 0.3 is 0 Å². The van der Waals surface area contributed by atoms with Crippen molar-refractivity contribution in [1.29, 1.82) is 0 Å². The van der Waals surface area contributed by atoms with Gasteiger partial charge in [-0.05, 0) is 111 Å². The highest BCUT2D eigenvalue weighted by Crippen LogP contribution is 2.11. The quantitative estimate of drug-likeness (QED) is 0.0753. The Morgan fingerprint density at radius 2 is 1.19 bits per heavy atom. The fraction of sp³-hybridized carbons (Fsp3) is 0.569. The van der Waals surface area contributed by atoms with E-state index in [4.69, 9.17) is 4.84 Å². The van der Waals surface area contributed by atoms with Crippen LogP contribution in [0.2, 0.25) is 0 Å². The number of hydrogen-bond donors (Lipinski definition) is 0. The zero-order valence-corrected chi connectivity index (χ0v) is 49.7. The van der Waals surface area contributed by atoms with Crippen molar-refractivity contribution in [2.45, 2.75) is 169 Å². The summed E-state index contributed by atoms with van der Waals surface area (Å²) in [5.41, 5.74) is 9.97. The number of rotatable bonds is 14. The third kappa shape index (κ3) is 42.4. The van der Waals surface area contributed by atoms with Crippen LogP contribution >= 0.6 is 11.3 Å². The van der Waals surface area contributed by atoms with Gasteiger partial charge in [0.2, 0.25) is 0 Å². The van der Waals surface area contributed by atoms with Crippen LogP contribution in [0.1, 0.15) is 181 Å². The van der Waals surface area contributed by atoms with Crippen molar-refractivity contribution in [2.24, 2.45) is 46.9 Å². The second kappa shape index (κ2) is 43.7. The van der Waals surface area contributed by atoms with Gasteiger partial charge in [-0.1, -0.05) is 127 Å². The molecule has 73 heavy (non-hydrogen) atoms. The number of nitrogens with zero attached hydrogens (tertiary/aromatic N) is 12. The molecule has 0 amide bonds. The molecule has 0 bridgehead atoms. The number of aromatic nitrogens is 10. The highest BCUT2D eigenvalue weighted by atomic mass is 32.1. The molecule has 15 heteroatoms. The van der Waals surface area contributed by atoms with Gasteiger partial charge in [0.15, 0.2) is 0 Å². The van der Waals surface area contributed by atoms with Gasteiger partial charge in [-0.15, -0.1) is 11.3 Å². The van der Waals surface area contributed by atoms with Gasteiger partial charge in [-0.25, -0.2) is 24.9 Å². The van der Waals surface area contributed by atoms with Crippen molar-refractivity contribution in [2.75, 3.05) is 13.7 Å². The molecule has 0 N–H and O–H groups in total. The molecule has 0 radical (unpaired) electrons. The molecule has 6 aromatic rings. The van der Waals surface area contributed by atoms with Crippen LogP contribution in [-0.2, 0) is 36.0 Å². The molecule has 0 fully saturated rings. The summed E-state index contributed by atoms with van der Waals surface area (Å²) in [6, 6.07) is 8.12. The second-order valence-corrected chi connectivity index (χ2v) is 20.7. The van der Waals surface area contributed by atoms with Gasteiger partial charge in [0.1, 0.15) is 25.9 Å². The number of aryl methyl sites for hydroxylation is 3. The minimum atomic E-state index is 0.431. The summed E-state index contributed by atoms with van der Waals surface area (Å²) >= 11 is 1.67. The summed E-state index contributed by atoms with van der Waals surface area (Å²) in [7, 11) is 3.52. The molecule has 6 heterocycles. The SMILES string of the molecule is CC(C)Cc1ccccn1.CC(C)Cc1ccnn1C.CC(C)Cc1cscn1.CC(C)c1cncnc1.CCON=CC(C)C.CON=CC(C)C.Cc1cnc(C(C)C)cn1.Cc1cnc(C(C)C)nc1. The van der Waals surface area contributed by atoms with Gasteiger partial charge in [0.25, 0.3) is 0 Å². The Labute approximate surface area is 446 Å². The van der Waals surface area contributed by atoms with Gasteiger partial charge < -0.3 is 9.68 Å². The molecular formula is C58H96N12O2S. The van der Waals surface area contributed by atoms with Gasteiger partial charge in [-0.2, -0.15) is 5.10 Å². The molecular weight excluding hydrogens is 929 g/mol. The van der Waals surface area contributed by atoms with E-state index in [1.54, 1.807) is 43.4 Å². The highest BCUT2D eigenvalue weighted by molar-refractivity contribution is 7.07. The molecule has 0 saturated heterocycles. The molecule has 6 rings (SSSR count). The van der Waals surface area contributed by atoms with Crippen molar-refractivity contribution in [3.8, 4) is 0 Å². The lowest BCUT2D eigenvalue weighted by molar-refractivity contribution is 0.159. The second-order valence-electron chi connectivity index (χ2n) is 20.0. The first-order valence-electron chi connectivity index (χ1n) is 25.8. The molecule has 0 aliphatic heterocycles. The Morgan fingerprint density at radius 3 is 1.58 bits per heavy atom. The van der Waals surface area contributed by atoms with E-state index in [-0.39, 0.29) is 0 Å². The van der Waals surface area contributed by atoms with E-state index in [2.05, 4.69) is 175 Å². The Hall–Kier alpha value is -5.83. The number of oxime groups is 2. The lowest BCUT2D eigenvalue weighted by Gasteiger charge is -2.03. The fourth-order valence-electron chi connectivity index (χ4n) is 5.15. The van der Waals surface area contributed by atoms with Crippen LogP contribution in [0.15, 0.2) is 101 Å². The summed E-state index contributed by atoms with van der Waals surface area (Å²) in [5, 5.41) is 13.4. The van der Waals surface area contributed by atoms with E-state index < -0.39 is 0 Å². The molecule has 0 unspecified atom stereocenters. The largest absolute Gasteiger partial charge is 0.399 e. The third-order valence-electron chi connectivity index (χ3n) is 8.97. The van der Waals surface area contributed by atoms with E-state index in [1.807, 2.05) is 107 Å². The van der Waals surface area contributed by atoms with Crippen molar-refractivity contribution in [3.63, 3.8) is 0 Å². The molecule has 0 saturated carbocycles. The van der Waals surface area contributed by atoms with Crippen molar-refractivity contribution < 1.29 is 9.68 Å². The summed E-state index contributed by atoms with van der Waals surface area (Å²) in [6.07, 6.45) is 23.1. The first-order chi connectivity index (χ1) is 34.5. The number of pyridine rings is 1. The van der Waals surface area contributed by atoms with Crippen LogP contribution in [0, 0.1) is 43.4 Å². The zero-order valence-electron chi connectivity index (χ0n) is 48.9. The molecule has 0 aromatic carbocycles. The molecule has 14 nitrogen and oxygen atoms in total. The average molecular weight is 1030 g/mol. The first kappa shape index (κ1) is 69.2. The maximum absolute atomic E-state index is 4.71. The van der Waals surface area contributed by atoms with E-state index >= 15 is 0 Å². The minimum absolute atomic E-state index is 0.431. The molecule has 0 atom stereocenters. The molecule has 0 aliphatic rings. The van der Waals surface area contributed by atoms with Crippen molar-refractivity contribution in [3.05, 3.63) is 136 Å². The summed E-state index contributed by atoms with van der Waals surface area (Å²) < 4.78 is 1.93. The van der Waals surface area contributed by atoms with E-state index in [1.165, 1.54) is 22.6 Å². The lowest BCUT2D eigenvalue weighted by Crippen LogP contribution is -2.01. The molecule has 6 aromatic heterocycles. The van der Waals surface area contributed by atoms with Crippen LogP contribution in [0.5, 0.6) is 0 Å². The molecule has 0 spiro atoms. The average Bonchev–Trinajstić information content (AvgIpc) is 4.01. The van der Waals surface area contributed by atoms with Crippen LogP contribution in [0.3, 0.4) is 0 Å². The van der Waals surface area contributed by atoms with Crippen LogP contribution < -0.4 is 0 Å². The predicted molar refractivity (Wildman–Crippen MR) is 308 cm³/mol. The van der Waals surface area contributed by atoms with E-state index in [0.717, 1.165) is 53.9 Å². The fourth-order valence-corrected chi connectivity index (χ4v) is 5.72. The Morgan fingerprint density at radius 1 is 0.603 bits per heavy atom. The van der Waals surface area contributed by atoms with Crippen LogP contribution in [0.25, 0.3) is 0 Å². The zero-order chi connectivity index (χ0) is 55.6. The highest BCUT2D eigenvalue weighted by Gasteiger charge is 2.02.